The van der Waals surface area contributed by atoms with E-state index in [-0.39, 0.29) is 5.97 Å². The highest BCUT2D eigenvalue weighted by Crippen LogP contribution is 2.11. The highest BCUT2D eigenvalue weighted by molar-refractivity contribution is 5.68. The van der Waals surface area contributed by atoms with E-state index < -0.39 is 0 Å². The summed E-state index contributed by atoms with van der Waals surface area (Å²) in [6.45, 7) is 2.27. The van der Waals surface area contributed by atoms with Crippen molar-refractivity contribution in [2.75, 3.05) is 7.11 Å². The van der Waals surface area contributed by atoms with E-state index in [0.29, 0.717) is 6.42 Å². The van der Waals surface area contributed by atoms with Crippen molar-refractivity contribution in [2.45, 2.75) is 116 Å². The lowest BCUT2D eigenvalue weighted by Crippen LogP contribution is -1.98. The number of ether oxygens (including phenoxy) is 1. The first-order valence-electron chi connectivity index (χ1n) is 10.8. The second kappa shape index (κ2) is 21.6. The Morgan fingerprint density at radius 3 is 1.54 bits per heavy atom. The zero-order valence-electron chi connectivity index (χ0n) is 17.3. The molecule has 0 aliphatic carbocycles. The highest BCUT2D eigenvalue weighted by Gasteiger charge is 1.98. The Kier molecular flexibility index (Phi) is 20.5. The Hall–Kier alpha value is -1.41. The van der Waals surface area contributed by atoms with E-state index in [9.17, 15) is 4.79 Å². The summed E-state index contributed by atoms with van der Waals surface area (Å²) >= 11 is 0. The molecule has 0 aromatic heterocycles. The van der Waals surface area contributed by atoms with Gasteiger partial charge in [-0.05, 0) is 31.1 Å². The third-order valence-corrected chi connectivity index (χ3v) is 4.55. The monoisotopic (exact) mass is 360 g/mol. The molecule has 2 nitrogen and oxygen atoms in total. The number of hydrogen-bond donors (Lipinski definition) is 0. The molecular weight excluding hydrogens is 320 g/mol. The van der Waals surface area contributed by atoms with Crippen molar-refractivity contribution in [2.24, 2.45) is 0 Å². The summed E-state index contributed by atoms with van der Waals surface area (Å²) in [6.07, 6.45) is 20.3. The van der Waals surface area contributed by atoms with Crippen LogP contribution in [0.4, 0.5) is 0 Å². The van der Waals surface area contributed by atoms with Crippen molar-refractivity contribution in [3.63, 3.8) is 0 Å². The fraction of sp³-hybridized carbons (Fsp3) is 0.792. The topological polar surface area (TPSA) is 26.3 Å². The maximum absolute atomic E-state index is 10.9. The zero-order chi connectivity index (χ0) is 19.1. The lowest BCUT2D eigenvalue weighted by molar-refractivity contribution is -0.140. The van der Waals surface area contributed by atoms with Crippen LogP contribution in [0.25, 0.3) is 0 Å². The molecule has 0 amide bonds. The molecule has 0 heterocycles. The number of carbonyl (C=O) groups is 1. The zero-order valence-corrected chi connectivity index (χ0v) is 17.3. The van der Waals surface area contributed by atoms with Gasteiger partial charge in [0.25, 0.3) is 0 Å². The van der Waals surface area contributed by atoms with E-state index in [1.54, 1.807) is 0 Å². The Bertz CT molecular complexity index is 431. The van der Waals surface area contributed by atoms with Gasteiger partial charge >= 0.3 is 5.97 Å². The van der Waals surface area contributed by atoms with Crippen LogP contribution >= 0.6 is 0 Å². The van der Waals surface area contributed by atoms with Gasteiger partial charge in [-0.2, -0.15) is 0 Å². The van der Waals surface area contributed by atoms with Crippen LogP contribution in [0.3, 0.4) is 0 Å². The third-order valence-electron chi connectivity index (χ3n) is 4.55. The van der Waals surface area contributed by atoms with Gasteiger partial charge in [0.1, 0.15) is 0 Å². The van der Waals surface area contributed by atoms with Crippen LogP contribution < -0.4 is 0 Å². The summed E-state index contributed by atoms with van der Waals surface area (Å²) in [6, 6.07) is 0. The maximum atomic E-state index is 10.9. The standard InChI is InChI=1S/C24H40O2/c1-3-4-5-6-7-8-9-10-11-12-13-14-15-16-17-18-19-20-21-22-23-24(25)26-2/h3-13,18-23H2,1-2H3. The predicted molar refractivity (Wildman–Crippen MR) is 112 cm³/mol. The van der Waals surface area contributed by atoms with Crippen LogP contribution in [0.2, 0.25) is 0 Å². The van der Waals surface area contributed by atoms with E-state index in [1.165, 1.54) is 71.3 Å². The van der Waals surface area contributed by atoms with Crippen LogP contribution in [-0.4, -0.2) is 13.1 Å². The number of unbranched alkanes of at least 4 members (excludes halogenated alkanes) is 14. The molecule has 0 atom stereocenters. The van der Waals surface area contributed by atoms with Gasteiger partial charge in [-0.3, -0.25) is 4.79 Å². The second-order valence-electron chi connectivity index (χ2n) is 7.03. The molecule has 0 rings (SSSR count). The van der Waals surface area contributed by atoms with Crippen molar-refractivity contribution in [3.05, 3.63) is 0 Å². The summed E-state index contributed by atoms with van der Waals surface area (Å²) in [5.41, 5.74) is 0. The first-order valence-corrected chi connectivity index (χ1v) is 10.8. The molecular formula is C24H40O2. The van der Waals surface area contributed by atoms with Crippen LogP contribution in [0.15, 0.2) is 0 Å². The first kappa shape index (κ1) is 24.6. The van der Waals surface area contributed by atoms with E-state index >= 15 is 0 Å². The molecule has 26 heavy (non-hydrogen) atoms. The van der Waals surface area contributed by atoms with Gasteiger partial charge in [0, 0.05) is 19.3 Å². The minimum atomic E-state index is -0.109. The molecule has 0 aromatic rings. The van der Waals surface area contributed by atoms with E-state index in [2.05, 4.69) is 35.3 Å². The molecule has 0 bridgehead atoms. The molecule has 2 heteroatoms. The Morgan fingerprint density at radius 1 is 0.654 bits per heavy atom. The van der Waals surface area contributed by atoms with Crippen molar-refractivity contribution in [1.29, 1.82) is 0 Å². The Labute approximate surface area is 162 Å². The number of methoxy groups -OCH3 is 1. The summed E-state index contributed by atoms with van der Waals surface area (Å²) in [5, 5.41) is 0. The molecule has 0 N–H and O–H groups in total. The van der Waals surface area contributed by atoms with E-state index in [1.807, 2.05) is 0 Å². The summed E-state index contributed by atoms with van der Waals surface area (Å²) in [5.74, 6) is 12.1. The molecule has 0 aromatic carbocycles. The van der Waals surface area contributed by atoms with E-state index in [4.69, 9.17) is 0 Å². The quantitative estimate of drug-likeness (QED) is 0.171. The van der Waals surface area contributed by atoms with Gasteiger partial charge in [0.05, 0.1) is 7.11 Å². The minimum absolute atomic E-state index is 0.109. The minimum Gasteiger partial charge on any atom is -0.469 e. The fourth-order valence-corrected chi connectivity index (χ4v) is 2.85. The predicted octanol–water partition coefficient (Wildman–Crippen LogP) is 6.82. The molecule has 0 aliphatic rings. The second-order valence-corrected chi connectivity index (χ2v) is 7.03. The molecule has 0 fully saturated rings. The maximum Gasteiger partial charge on any atom is 0.305 e. The lowest BCUT2D eigenvalue weighted by atomic mass is 10.1. The largest absolute Gasteiger partial charge is 0.469 e. The highest BCUT2D eigenvalue weighted by atomic mass is 16.5. The Balaban J connectivity index is 3.27. The first-order chi connectivity index (χ1) is 12.8. The average molecular weight is 361 g/mol. The SMILES string of the molecule is CCCCCCCCCCCCC#CC#CCCCCCCC(=O)OC. The summed E-state index contributed by atoms with van der Waals surface area (Å²) < 4.78 is 4.61. The van der Waals surface area contributed by atoms with Gasteiger partial charge in [0.15, 0.2) is 0 Å². The number of carbonyl (C=O) groups excluding carboxylic acids is 1. The van der Waals surface area contributed by atoms with Crippen LogP contribution in [0, 0.1) is 23.7 Å². The number of esters is 1. The van der Waals surface area contributed by atoms with Crippen LogP contribution in [0.5, 0.6) is 0 Å². The number of hydrogen-bond acceptors (Lipinski definition) is 2. The summed E-state index contributed by atoms with van der Waals surface area (Å²) in [7, 11) is 1.44. The van der Waals surface area contributed by atoms with Gasteiger partial charge in [-0.25, -0.2) is 0 Å². The smallest absolute Gasteiger partial charge is 0.305 e. The van der Waals surface area contributed by atoms with Gasteiger partial charge < -0.3 is 4.74 Å². The van der Waals surface area contributed by atoms with Crippen molar-refractivity contribution in [3.8, 4) is 23.7 Å². The average Bonchev–Trinajstić information content (AvgIpc) is 2.66. The third kappa shape index (κ3) is 20.6. The molecule has 0 spiro atoms. The summed E-state index contributed by atoms with van der Waals surface area (Å²) in [4.78, 5) is 10.9. The van der Waals surface area contributed by atoms with Crippen LogP contribution in [0.1, 0.15) is 116 Å². The van der Waals surface area contributed by atoms with Gasteiger partial charge in [0.2, 0.25) is 0 Å². The Morgan fingerprint density at radius 2 is 1.08 bits per heavy atom. The van der Waals surface area contributed by atoms with Crippen molar-refractivity contribution in [1.82, 2.24) is 0 Å². The number of rotatable bonds is 16. The van der Waals surface area contributed by atoms with Crippen LogP contribution in [-0.2, 0) is 9.53 Å². The van der Waals surface area contributed by atoms with Gasteiger partial charge in [-0.1, -0.05) is 89.4 Å². The van der Waals surface area contributed by atoms with Crippen molar-refractivity contribution >= 4 is 5.97 Å². The molecule has 0 saturated heterocycles. The molecule has 0 aliphatic heterocycles. The molecule has 148 valence electrons. The normalized spacial score (nSPS) is 9.77. The lowest BCUT2D eigenvalue weighted by Gasteiger charge is -2.00. The molecule has 0 unspecified atom stereocenters. The fourth-order valence-electron chi connectivity index (χ4n) is 2.85. The van der Waals surface area contributed by atoms with Crippen molar-refractivity contribution < 1.29 is 9.53 Å². The van der Waals surface area contributed by atoms with E-state index in [0.717, 1.165) is 38.5 Å². The molecule has 0 radical (unpaired) electrons. The molecule has 0 saturated carbocycles. The van der Waals surface area contributed by atoms with Gasteiger partial charge in [-0.15, -0.1) is 0 Å².